The van der Waals surface area contributed by atoms with Crippen LogP contribution in [0.15, 0.2) is 18.5 Å². The number of hydrogen-bond donors (Lipinski definition) is 2. The summed E-state index contributed by atoms with van der Waals surface area (Å²) in [7, 11) is 1.69. The summed E-state index contributed by atoms with van der Waals surface area (Å²) in [5.41, 5.74) is 1.93. The molecule has 0 amide bonds. The maximum atomic E-state index is 4.94. The van der Waals surface area contributed by atoms with Gasteiger partial charge in [0.25, 0.3) is 0 Å². The number of rotatable bonds is 5. The fraction of sp³-hybridized carbons (Fsp3) is 0.400. The van der Waals surface area contributed by atoms with E-state index in [9.17, 15) is 0 Å². The molecular formula is C10H14N4O. The van der Waals surface area contributed by atoms with Crippen molar-refractivity contribution in [2.75, 3.05) is 20.3 Å². The molecule has 0 aromatic carbocycles. The summed E-state index contributed by atoms with van der Waals surface area (Å²) in [4.78, 5) is 11.6. The maximum absolute atomic E-state index is 4.94. The molecule has 2 N–H and O–H groups in total. The van der Waals surface area contributed by atoms with Crippen LogP contribution in [0.2, 0.25) is 0 Å². The first-order chi connectivity index (χ1) is 7.40. The van der Waals surface area contributed by atoms with Crippen LogP contribution in [0.5, 0.6) is 0 Å². The molecule has 0 fully saturated rings. The first kappa shape index (κ1) is 10.1. The van der Waals surface area contributed by atoms with Crippen LogP contribution in [0.1, 0.15) is 5.82 Å². The lowest BCUT2D eigenvalue weighted by molar-refractivity contribution is 0.199. The Morgan fingerprint density at radius 3 is 3.27 bits per heavy atom. The highest BCUT2D eigenvalue weighted by Gasteiger charge is 2.00. The zero-order valence-corrected chi connectivity index (χ0v) is 8.66. The summed E-state index contributed by atoms with van der Waals surface area (Å²) in [6.07, 6.45) is 3.52. The molecule has 2 rings (SSSR count). The molecule has 15 heavy (non-hydrogen) atoms. The number of imidazole rings is 1. The van der Waals surface area contributed by atoms with Crippen LogP contribution in [0, 0.1) is 0 Å². The fourth-order valence-corrected chi connectivity index (χ4v) is 1.37. The fourth-order valence-electron chi connectivity index (χ4n) is 1.37. The third-order valence-electron chi connectivity index (χ3n) is 2.11. The van der Waals surface area contributed by atoms with Crippen LogP contribution in [-0.4, -0.2) is 35.2 Å². The van der Waals surface area contributed by atoms with Crippen molar-refractivity contribution in [3.8, 4) is 0 Å². The SMILES string of the molecule is COCCNCc1nc2ccncc2[nH]1. The predicted octanol–water partition coefficient (Wildman–Crippen LogP) is 0.694. The Kier molecular flexibility index (Phi) is 3.26. The van der Waals surface area contributed by atoms with Crippen molar-refractivity contribution >= 4 is 11.0 Å². The predicted molar refractivity (Wildman–Crippen MR) is 57.5 cm³/mol. The zero-order chi connectivity index (χ0) is 10.5. The summed E-state index contributed by atoms with van der Waals surface area (Å²) >= 11 is 0. The molecule has 0 unspecified atom stereocenters. The molecule has 0 saturated carbocycles. The third-order valence-corrected chi connectivity index (χ3v) is 2.11. The standard InChI is InChI=1S/C10H14N4O/c1-15-5-4-12-7-10-13-8-2-3-11-6-9(8)14-10/h2-3,6,12H,4-5,7H2,1H3,(H,13,14). The Morgan fingerprint density at radius 1 is 1.53 bits per heavy atom. The van der Waals surface area contributed by atoms with E-state index in [1.54, 1.807) is 19.5 Å². The van der Waals surface area contributed by atoms with Gasteiger partial charge in [-0.2, -0.15) is 0 Å². The number of pyridine rings is 1. The molecule has 2 aromatic rings. The Bertz CT molecular complexity index is 393. The topological polar surface area (TPSA) is 62.8 Å². The smallest absolute Gasteiger partial charge is 0.121 e. The van der Waals surface area contributed by atoms with Crippen LogP contribution in [-0.2, 0) is 11.3 Å². The van der Waals surface area contributed by atoms with E-state index in [-0.39, 0.29) is 0 Å². The molecule has 5 heteroatoms. The second-order valence-corrected chi connectivity index (χ2v) is 3.25. The average molecular weight is 206 g/mol. The number of H-pyrrole nitrogens is 1. The number of aromatic nitrogens is 3. The average Bonchev–Trinajstić information content (AvgIpc) is 2.67. The largest absolute Gasteiger partial charge is 0.383 e. The number of hydrogen-bond acceptors (Lipinski definition) is 4. The molecule has 0 saturated heterocycles. The first-order valence-electron chi connectivity index (χ1n) is 4.88. The van der Waals surface area contributed by atoms with Crippen molar-refractivity contribution in [1.29, 1.82) is 0 Å². The Labute approximate surface area is 87.9 Å². The van der Waals surface area contributed by atoms with Gasteiger partial charge in [0.15, 0.2) is 0 Å². The Balaban J connectivity index is 1.97. The molecule has 2 heterocycles. The Hall–Kier alpha value is -1.46. The van der Waals surface area contributed by atoms with Crippen molar-refractivity contribution in [2.24, 2.45) is 0 Å². The van der Waals surface area contributed by atoms with Gasteiger partial charge in [0.05, 0.1) is 30.4 Å². The maximum Gasteiger partial charge on any atom is 0.121 e. The molecule has 0 aliphatic carbocycles. The minimum absolute atomic E-state index is 0.710. The van der Waals surface area contributed by atoms with Gasteiger partial charge in [0.2, 0.25) is 0 Å². The lowest BCUT2D eigenvalue weighted by Crippen LogP contribution is -2.19. The molecule has 2 aromatic heterocycles. The van der Waals surface area contributed by atoms with E-state index >= 15 is 0 Å². The molecule has 0 bridgehead atoms. The Morgan fingerprint density at radius 2 is 2.47 bits per heavy atom. The molecule has 0 aliphatic heterocycles. The second kappa shape index (κ2) is 4.86. The minimum Gasteiger partial charge on any atom is -0.383 e. The van der Waals surface area contributed by atoms with E-state index in [1.807, 2.05) is 6.07 Å². The van der Waals surface area contributed by atoms with Crippen molar-refractivity contribution < 1.29 is 4.74 Å². The van der Waals surface area contributed by atoms with Crippen LogP contribution in [0.4, 0.5) is 0 Å². The first-order valence-corrected chi connectivity index (χ1v) is 4.88. The van der Waals surface area contributed by atoms with Gasteiger partial charge in [0.1, 0.15) is 5.82 Å². The van der Waals surface area contributed by atoms with Crippen LogP contribution >= 0.6 is 0 Å². The molecule has 0 atom stereocenters. The van der Waals surface area contributed by atoms with E-state index in [0.29, 0.717) is 6.61 Å². The second-order valence-electron chi connectivity index (χ2n) is 3.25. The van der Waals surface area contributed by atoms with Crippen molar-refractivity contribution in [1.82, 2.24) is 20.3 Å². The summed E-state index contributed by atoms with van der Waals surface area (Å²) < 4.78 is 4.94. The van der Waals surface area contributed by atoms with Gasteiger partial charge in [-0.15, -0.1) is 0 Å². The van der Waals surface area contributed by atoms with Gasteiger partial charge in [-0.3, -0.25) is 4.98 Å². The number of nitrogens with zero attached hydrogens (tertiary/aromatic N) is 2. The summed E-state index contributed by atoms with van der Waals surface area (Å²) in [5, 5.41) is 3.22. The van der Waals surface area contributed by atoms with Gasteiger partial charge in [-0.05, 0) is 6.07 Å². The van der Waals surface area contributed by atoms with Crippen molar-refractivity contribution in [3.05, 3.63) is 24.3 Å². The molecule has 0 radical (unpaired) electrons. The van der Waals surface area contributed by atoms with Gasteiger partial charge < -0.3 is 15.0 Å². The highest BCUT2D eigenvalue weighted by atomic mass is 16.5. The van der Waals surface area contributed by atoms with Gasteiger partial charge >= 0.3 is 0 Å². The monoisotopic (exact) mass is 206 g/mol. The molecular weight excluding hydrogens is 192 g/mol. The number of ether oxygens (including phenoxy) is 1. The molecule has 0 aliphatic rings. The summed E-state index contributed by atoms with van der Waals surface area (Å²) in [6.45, 7) is 2.26. The number of nitrogens with one attached hydrogen (secondary N) is 2. The zero-order valence-electron chi connectivity index (χ0n) is 8.66. The molecule has 5 nitrogen and oxygen atoms in total. The van der Waals surface area contributed by atoms with E-state index in [4.69, 9.17) is 4.74 Å². The number of methoxy groups -OCH3 is 1. The van der Waals surface area contributed by atoms with Gasteiger partial charge in [0, 0.05) is 19.9 Å². The van der Waals surface area contributed by atoms with E-state index in [0.717, 1.165) is 29.9 Å². The number of aromatic amines is 1. The van der Waals surface area contributed by atoms with Crippen LogP contribution < -0.4 is 5.32 Å². The van der Waals surface area contributed by atoms with E-state index in [1.165, 1.54) is 0 Å². The minimum atomic E-state index is 0.710. The quantitative estimate of drug-likeness (QED) is 0.707. The summed E-state index contributed by atoms with van der Waals surface area (Å²) in [6, 6.07) is 1.89. The van der Waals surface area contributed by atoms with E-state index in [2.05, 4.69) is 20.3 Å². The lowest BCUT2D eigenvalue weighted by Gasteiger charge is -2.00. The van der Waals surface area contributed by atoms with Crippen molar-refractivity contribution in [2.45, 2.75) is 6.54 Å². The van der Waals surface area contributed by atoms with E-state index < -0.39 is 0 Å². The van der Waals surface area contributed by atoms with Gasteiger partial charge in [-0.25, -0.2) is 4.98 Å². The van der Waals surface area contributed by atoms with Crippen molar-refractivity contribution in [3.63, 3.8) is 0 Å². The highest BCUT2D eigenvalue weighted by molar-refractivity contribution is 5.73. The third kappa shape index (κ3) is 2.51. The normalized spacial score (nSPS) is 11.0. The molecule has 80 valence electrons. The van der Waals surface area contributed by atoms with Crippen LogP contribution in [0.3, 0.4) is 0 Å². The summed E-state index contributed by atoms with van der Waals surface area (Å²) in [5.74, 6) is 0.925. The molecule has 0 spiro atoms. The lowest BCUT2D eigenvalue weighted by atomic mass is 10.4. The highest BCUT2D eigenvalue weighted by Crippen LogP contribution is 2.07. The van der Waals surface area contributed by atoms with Crippen LogP contribution in [0.25, 0.3) is 11.0 Å². The number of fused-ring (bicyclic) bond motifs is 1. The van der Waals surface area contributed by atoms with Gasteiger partial charge in [-0.1, -0.05) is 0 Å².